The van der Waals surface area contributed by atoms with Crippen molar-refractivity contribution < 1.29 is 42.6 Å². The number of amides is 2. The topological polar surface area (TPSA) is 161 Å². The second-order valence-corrected chi connectivity index (χ2v) is 7.60. The number of aromatic amines is 1. The third kappa shape index (κ3) is 6.91. The fourth-order valence-electron chi connectivity index (χ4n) is 2.92. The van der Waals surface area contributed by atoms with Gasteiger partial charge >= 0.3 is 18.1 Å². The Morgan fingerprint density at radius 1 is 1.03 bits per heavy atom. The lowest BCUT2D eigenvalue weighted by molar-refractivity contribution is -0.192. The summed E-state index contributed by atoms with van der Waals surface area (Å²) in [6.45, 7) is 0. The normalized spacial score (nSPS) is 13.1. The fraction of sp³-hybridized carbons (Fsp3) is 0.174. The number of carboxylic acids is 2. The van der Waals surface area contributed by atoms with E-state index in [1.54, 1.807) is 48.5 Å². The van der Waals surface area contributed by atoms with Crippen LogP contribution in [0, 0.1) is 0 Å². The van der Waals surface area contributed by atoms with Crippen molar-refractivity contribution in [2.24, 2.45) is 0 Å². The van der Waals surface area contributed by atoms with Gasteiger partial charge in [-0.2, -0.15) is 18.3 Å². The van der Waals surface area contributed by atoms with Gasteiger partial charge in [-0.25, -0.2) is 9.59 Å². The van der Waals surface area contributed by atoms with Gasteiger partial charge in [0.1, 0.15) is 0 Å². The Hall–Kier alpha value is -4.68. The van der Waals surface area contributed by atoms with Crippen LogP contribution in [-0.4, -0.2) is 56.4 Å². The predicted octanol–water partition coefficient (Wildman–Crippen LogP) is 3.44. The minimum atomic E-state index is -5.08. The highest BCUT2D eigenvalue weighted by Gasteiger charge is 2.38. The van der Waals surface area contributed by atoms with Crippen LogP contribution >= 0.6 is 0 Å². The first-order valence-electron chi connectivity index (χ1n) is 10.4. The molecule has 188 valence electrons. The lowest BCUT2D eigenvalue weighted by atomic mass is 10.1. The first kappa shape index (κ1) is 25.9. The Labute approximate surface area is 200 Å². The molecular weight excluding hydrogens is 485 g/mol. The monoisotopic (exact) mass is 504 g/mol. The number of nitrogens with one attached hydrogen (secondary N) is 3. The number of rotatable bonds is 6. The van der Waals surface area contributed by atoms with E-state index in [1.807, 2.05) is 0 Å². The summed E-state index contributed by atoms with van der Waals surface area (Å²) in [7, 11) is 0. The summed E-state index contributed by atoms with van der Waals surface area (Å²) in [4.78, 5) is 44.5. The average molecular weight is 504 g/mol. The van der Waals surface area contributed by atoms with Crippen molar-refractivity contribution >= 4 is 46.4 Å². The van der Waals surface area contributed by atoms with Crippen molar-refractivity contribution in [1.29, 1.82) is 0 Å². The average Bonchev–Trinajstić information content (AvgIpc) is 3.51. The summed E-state index contributed by atoms with van der Waals surface area (Å²) in [6.07, 6.45) is -0.0610. The minimum Gasteiger partial charge on any atom is -0.476 e. The number of benzene rings is 2. The van der Waals surface area contributed by atoms with Crippen molar-refractivity contribution in [3.63, 3.8) is 0 Å². The molecule has 0 saturated heterocycles. The Morgan fingerprint density at radius 2 is 1.67 bits per heavy atom. The maximum absolute atomic E-state index is 12.3. The zero-order valence-corrected chi connectivity index (χ0v) is 18.3. The van der Waals surface area contributed by atoms with Crippen molar-refractivity contribution in [1.82, 2.24) is 15.5 Å². The van der Waals surface area contributed by atoms with Gasteiger partial charge in [-0.15, -0.1) is 0 Å². The number of nitrogens with zero attached hydrogens (tertiary/aromatic N) is 1. The first-order valence-corrected chi connectivity index (χ1v) is 10.4. The molecule has 36 heavy (non-hydrogen) atoms. The summed E-state index contributed by atoms with van der Waals surface area (Å²) in [5, 5.41) is 28.7. The molecule has 1 saturated carbocycles. The largest absolute Gasteiger partial charge is 0.490 e. The van der Waals surface area contributed by atoms with E-state index >= 15 is 0 Å². The van der Waals surface area contributed by atoms with Crippen LogP contribution in [0.2, 0.25) is 0 Å². The molecule has 0 spiro atoms. The SMILES string of the molecule is O=C(/C=C/c1ccc(C(=O)NC2CC2)cc1)Nc1cccc2[nH]nc(C(=O)O)c12.O=C(O)C(F)(F)F. The number of fused-ring (bicyclic) bond motifs is 1. The van der Waals surface area contributed by atoms with E-state index in [0.29, 0.717) is 28.2 Å². The number of halogens is 3. The molecule has 0 unspecified atom stereocenters. The number of alkyl halides is 3. The lowest BCUT2D eigenvalue weighted by Gasteiger charge is -2.05. The van der Waals surface area contributed by atoms with Crippen LogP contribution in [0.3, 0.4) is 0 Å². The Kier molecular flexibility index (Phi) is 7.72. The third-order valence-corrected chi connectivity index (χ3v) is 4.80. The number of aromatic nitrogens is 2. The Morgan fingerprint density at radius 3 is 2.22 bits per heavy atom. The number of carboxylic acid groups (broad SMARTS) is 2. The zero-order valence-electron chi connectivity index (χ0n) is 18.3. The highest BCUT2D eigenvalue weighted by molar-refractivity contribution is 6.12. The summed E-state index contributed by atoms with van der Waals surface area (Å²) >= 11 is 0. The highest BCUT2D eigenvalue weighted by Crippen LogP contribution is 2.25. The second-order valence-electron chi connectivity index (χ2n) is 7.60. The zero-order chi connectivity index (χ0) is 26.5. The number of hydrogen-bond donors (Lipinski definition) is 5. The number of hydrogen-bond acceptors (Lipinski definition) is 5. The molecule has 3 aromatic rings. The van der Waals surface area contributed by atoms with Crippen LogP contribution in [0.5, 0.6) is 0 Å². The van der Waals surface area contributed by atoms with Gasteiger partial charge in [0.2, 0.25) is 5.91 Å². The van der Waals surface area contributed by atoms with Gasteiger partial charge < -0.3 is 20.8 Å². The molecule has 2 amide bonds. The number of carbonyl (C=O) groups is 4. The molecule has 0 bridgehead atoms. The number of aliphatic carboxylic acids is 1. The maximum Gasteiger partial charge on any atom is 0.490 e. The van der Waals surface area contributed by atoms with Crippen LogP contribution < -0.4 is 10.6 Å². The van der Waals surface area contributed by atoms with Gasteiger partial charge in [0.25, 0.3) is 5.91 Å². The Balaban J connectivity index is 0.000000454. The molecule has 1 heterocycles. The fourth-order valence-corrected chi connectivity index (χ4v) is 2.92. The van der Waals surface area contributed by atoms with Crippen molar-refractivity contribution in [3.8, 4) is 0 Å². The van der Waals surface area contributed by atoms with Crippen LogP contribution in [0.15, 0.2) is 48.5 Å². The quantitative estimate of drug-likeness (QED) is 0.321. The van der Waals surface area contributed by atoms with E-state index in [0.717, 1.165) is 18.4 Å². The molecule has 10 nitrogen and oxygen atoms in total. The van der Waals surface area contributed by atoms with E-state index in [4.69, 9.17) is 9.90 Å². The number of aromatic carboxylic acids is 1. The molecule has 0 atom stereocenters. The molecule has 1 fully saturated rings. The summed E-state index contributed by atoms with van der Waals surface area (Å²) in [5.41, 5.74) is 2.06. The van der Waals surface area contributed by atoms with Crippen LogP contribution in [0.1, 0.15) is 39.3 Å². The van der Waals surface area contributed by atoms with Gasteiger partial charge in [-0.3, -0.25) is 14.7 Å². The summed E-state index contributed by atoms with van der Waals surface area (Å²) < 4.78 is 31.7. The molecule has 0 radical (unpaired) electrons. The van der Waals surface area contributed by atoms with Gasteiger partial charge in [-0.05, 0) is 48.7 Å². The van der Waals surface area contributed by atoms with Crippen LogP contribution in [-0.2, 0) is 9.59 Å². The third-order valence-electron chi connectivity index (χ3n) is 4.80. The van der Waals surface area contributed by atoms with E-state index in [1.165, 1.54) is 6.08 Å². The number of anilines is 1. The van der Waals surface area contributed by atoms with Gasteiger partial charge in [0, 0.05) is 17.7 Å². The summed E-state index contributed by atoms with van der Waals surface area (Å²) in [6, 6.07) is 12.2. The van der Waals surface area contributed by atoms with Crippen LogP contribution in [0.4, 0.5) is 18.9 Å². The number of carbonyl (C=O) groups excluding carboxylic acids is 2. The molecular formula is C23H19F3N4O6. The smallest absolute Gasteiger partial charge is 0.476 e. The van der Waals surface area contributed by atoms with Crippen molar-refractivity contribution in [2.45, 2.75) is 25.1 Å². The molecule has 4 rings (SSSR count). The molecule has 1 aliphatic rings. The van der Waals surface area contributed by atoms with Crippen molar-refractivity contribution in [2.75, 3.05) is 5.32 Å². The molecule has 13 heteroatoms. The molecule has 2 aromatic carbocycles. The first-order chi connectivity index (χ1) is 17.0. The standard InChI is InChI=1S/C21H18N4O4.C2HF3O2/c26-17(23-15-2-1-3-16-18(15)19(21(28)29)25-24-16)11-6-12-4-7-13(8-5-12)20(27)22-14-9-10-14;3-2(4,5)1(6)7/h1-8,11,14H,9-10H2,(H,22,27)(H,23,26)(H,24,25)(H,28,29);(H,6,7)/b11-6+;. The maximum atomic E-state index is 12.3. The molecule has 1 aliphatic carbocycles. The van der Waals surface area contributed by atoms with E-state index in [-0.39, 0.29) is 11.6 Å². The number of H-pyrrole nitrogens is 1. The van der Waals surface area contributed by atoms with Gasteiger partial charge in [0.15, 0.2) is 5.69 Å². The van der Waals surface area contributed by atoms with Crippen LogP contribution in [0.25, 0.3) is 17.0 Å². The molecule has 5 N–H and O–H groups in total. The Bertz CT molecular complexity index is 1330. The predicted molar refractivity (Wildman–Crippen MR) is 121 cm³/mol. The van der Waals surface area contributed by atoms with Gasteiger partial charge in [0.05, 0.1) is 16.6 Å². The van der Waals surface area contributed by atoms with E-state index in [9.17, 15) is 32.7 Å². The highest BCUT2D eigenvalue weighted by atomic mass is 19.4. The molecule has 1 aromatic heterocycles. The summed E-state index contributed by atoms with van der Waals surface area (Å²) in [5.74, 6) is -4.44. The lowest BCUT2D eigenvalue weighted by Crippen LogP contribution is -2.25. The molecule has 0 aliphatic heterocycles. The van der Waals surface area contributed by atoms with E-state index < -0.39 is 24.0 Å². The second kappa shape index (κ2) is 10.7. The van der Waals surface area contributed by atoms with E-state index in [2.05, 4.69) is 20.8 Å². The van der Waals surface area contributed by atoms with Gasteiger partial charge in [-0.1, -0.05) is 18.2 Å². The van der Waals surface area contributed by atoms with Crippen molar-refractivity contribution in [3.05, 3.63) is 65.4 Å². The minimum absolute atomic E-state index is 0.0942.